The van der Waals surface area contributed by atoms with Crippen molar-refractivity contribution in [2.45, 2.75) is 31.6 Å². The fraction of sp³-hybridized carbons (Fsp3) is 0.700. The Morgan fingerprint density at radius 1 is 1.38 bits per heavy atom. The molecule has 1 aliphatic heterocycles. The molecule has 1 aromatic heterocycles. The van der Waals surface area contributed by atoms with Gasteiger partial charge in [0.05, 0.1) is 5.75 Å². The average molecular weight is 373 g/mol. The van der Waals surface area contributed by atoms with Crippen molar-refractivity contribution in [2.75, 3.05) is 12.3 Å². The molecule has 2 N–H and O–H groups in total. The van der Waals surface area contributed by atoms with Crippen molar-refractivity contribution in [1.29, 1.82) is 0 Å². The Bertz CT molecular complexity index is 304. The van der Waals surface area contributed by atoms with E-state index < -0.39 is 0 Å². The standard InChI is InChI=1S/C10H17N3S.2BrH/c11-4-6-14-8-10-12-7-9-3-1-2-5-13(9)10;;/h7H,1-6,8,11H2;2*1H. The summed E-state index contributed by atoms with van der Waals surface area (Å²) in [6, 6.07) is 0. The maximum absolute atomic E-state index is 5.46. The summed E-state index contributed by atoms with van der Waals surface area (Å²) in [6.45, 7) is 1.92. The van der Waals surface area contributed by atoms with Crippen LogP contribution in [-0.2, 0) is 18.7 Å². The van der Waals surface area contributed by atoms with Crippen LogP contribution in [0.25, 0.3) is 0 Å². The van der Waals surface area contributed by atoms with Gasteiger partial charge >= 0.3 is 0 Å². The number of hydrogen-bond acceptors (Lipinski definition) is 3. The fourth-order valence-electron chi connectivity index (χ4n) is 1.86. The Morgan fingerprint density at radius 3 is 2.94 bits per heavy atom. The molecule has 3 nitrogen and oxygen atoms in total. The van der Waals surface area contributed by atoms with E-state index in [-0.39, 0.29) is 34.0 Å². The third-order valence-electron chi connectivity index (χ3n) is 2.58. The van der Waals surface area contributed by atoms with Crippen LogP contribution in [0.2, 0.25) is 0 Å². The first-order valence-corrected chi connectivity index (χ1v) is 6.38. The first kappa shape index (κ1) is 16.5. The Morgan fingerprint density at radius 2 is 2.19 bits per heavy atom. The summed E-state index contributed by atoms with van der Waals surface area (Å²) in [7, 11) is 0. The number of thioether (sulfide) groups is 1. The molecule has 1 aliphatic rings. The second-order valence-electron chi connectivity index (χ2n) is 3.62. The smallest absolute Gasteiger partial charge is 0.118 e. The van der Waals surface area contributed by atoms with Crippen LogP contribution in [0.4, 0.5) is 0 Å². The molecule has 6 heteroatoms. The molecule has 0 fully saturated rings. The highest BCUT2D eigenvalue weighted by molar-refractivity contribution is 8.93. The van der Waals surface area contributed by atoms with Crippen molar-refractivity contribution in [3.63, 3.8) is 0 Å². The van der Waals surface area contributed by atoms with Gasteiger partial charge in [0.25, 0.3) is 0 Å². The minimum atomic E-state index is 0. The molecular weight excluding hydrogens is 354 g/mol. The highest BCUT2D eigenvalue weighted by Gasteiger charge is 2.12. The normalized spacial score (nSPS) is 13.6. The monoisotopic (exact) mass is 371 g/mol. The number of rotatable bonds is 4. The molecule has 0 atom stereocenters. The summed E-state index contributed by atoms with van der Waals surface area (Å²) in [5.74, 6) is 3.28. The average Bonchev–Trinajstić information content (AvgIpc) is 2.63. The van der Waals surface area contributed by atoms with E-state index in [0.717, 1.165) is 24.6 Å². The Hall–Kier alpha value is 0.480. The third kappa shape index (κ3) is 4.05. The number of halogens is 2. The van der Waals surface area contributed by atoms with Crippen molar-refractivity contribution < 1.29 is 0 Å². The maximum Gasteiger partial charge on any atom is 0.118 e. The number of nitrogens with zero attached hydrogens (tertiary/aromatic N) is 2. The molecule has 0 spiro atoms. The number of imidazole rings is 1. The minimum absolute atomic E-state index is 0. The van der Waals surface area contributed by atoms with Crippen LogP contribution < -0.4 is 5.73 Å². The highest BCUT2D eigenvalue weighted by atomic mass is 79.9. The zero-order valence-electron chi connectivity index (χ0n) is 9.22. The van der Waals surface area contributed by atoms with Gasteiger partial charge < -0.3 is 10.3 Å². The molecule has 0 amide bonds. The van der Waals surface area contributed by atoms with Crippen LogP contribution in [0, 0.1) is 0 Å². The second kappa shape index (κ2) is 8.55. The first-order valence-electron chi connectivity index (χ1n) is 5.23. The molecule has 2 heterocycles. The molecular formula is C10H19Br2N3S. The highest BCUT2D eigenvalue weighted by Crippen LogP contribution is 2.19. The van der Waals surface area contributed by atoms with Crippen LogP contribution in [0.15, 0.2) is 6.20 Å². The summed E-state index contributed by atoms with van der Waals surface area (Å²) in [6.07, 6.45) is 5.87. The molecule has 0 saturated heterocycles. The SMILES string of the molecule is Br.Br.NCCSCc1ncc2n1CCCC2. The zero-order valence-corrected chi connectivity index (χ0v) is 13.5. The zero-order chi connectivity index (χ0) is 9.80. The quantitative estimate of drug-likeness (QED) is 0.826. The molecule has 2 rings (SSSR count). The maximum atomic E-state index is 5.46. The van der Waals surface area contributed by atoms with Gasteiger partial charge in [0.1, 0.15) is 5.82 Å². The molecule has 1 aromatic rings. The predicted molar refractivity (Wildman–Crippen MR) is 81.0 cm³/mol. The predicted octanol–water partition coefficient (Wildman–Crippen LogP) is 2.57. The van der Waals surface area contributed by atoms with Crippen LogP contribution >= 0.6 is 45.7 Å². The van der Waals surface area contributed by atoms with Crippen LogP contribution in [0.5, 0.6) is 0 Å². The van der Waals surface area contributed by atoms with E-state index in [2.05, 4.69) is 9.55 Å². The van der Waals surface area contributed by atoms with Gasteiger partial charge in [-0.2, -0.15) is 11.8 Å². The van der Waals surface area contributed by atoms with Crippen LogP contribution in [0.1, 0.15) is 24.4 Å². The molecule has 94 valence electrons. The number of hydrogen-bond donors (Lipinski definition) is 1. The molecule has 0 saturated carbocycles. The van der Waals surface area contributed by atoms with Crippen molar-refractivity contribution >= 4 is 45.7 Å². The van der Waals surface area contributed by atoms with E-state index in [1.54, 1.807) is 0 Å². The largest absolute Gasteiger partial charge is 0.331 e. The lowest BCUT2D eigenvalue weighted by Crippen LogP contribution is -2.12. The van der Waals surface area contributed by atoms with Crippen molar-refractivity contribution in [3.05, 3.63) is 17.7 Å². The summed E-state index contributed by atoms with van der Waals surface area (Å²) < 4.78 is 2.38. The Labute approximate surface area is 122 Å². The van der Waals surface area contributed by atoms with Gasteiger partial charge in [0.15, 0.2) is 0 Å². The number of fused-ring (bicyclic) bond motifs is 1. The molecule has 0 aliphatic carbocycles. The van der Waals surface area contributed by atoms with Gasteiger partial charge in [0, 0.05) is 30.7 Å². The lowest BCUT2D eigenvalue weighted by molar-refractivity contribution is 0.521. The van der Waals surface area contributed by atoms with E-state index in [1.165, 1.54) is 30.8 Å². The summed E-state index contributed by atoms with van der Waals surface area (Å²) in [4.78, 5) is 4.47. The van der Waals surface area contributed by atoms with E-state index in [9.17, 15) is 0 Å². The second-order valence-corrected chi connectivity index (χ2v) is 4.72. The van der Waals surface area contributed by atoms with Crippen molar-refractivity contribution in [2.24, 2.45) is 5.73 Å². The molecule has 0 radical (unpaired) electrons. The number of nitrogens with two attached hydrogens (primary N) is 1. The van der Waals surface area contributed by atoms with E-state index >= 15 is 0 Å². The van der Waals surface area contributed by atoms with Gasteiger partial charge in [0.2, 0.25) is 0 Å². The Balaban J connectivity index is 0.00000112. The van der Waals surface area contributed by atoms with E-state index in [0.29, 0.717) is 0 Å². The molecule has 0 aromatic carbocycles. The first-order chi connectivity index (χ1) is 6.92. The molecule has 0 bridgehead atoms. The van der Waals surface area contributed by atoms with Gasteiger partial charge in [-0.25, -0.2) is 4.98 Å². The van der Waals surface area contributed by atoms with Gasteiger partial charge in [-0.1, -0.05) is 0 Å². The Kier molecular flexibility index (Phi) is 8.81. The van der Waals surface area contributed by atoms with E-state index in [1.807, 2.05) is 18.0 Å². The lowest BCUT2D eigenvalue weighted by atomic mass is 10.1. The number of aryl methyl sites for hydroxylation is 1. The van der Waals surface area contributed by atoms with Crippen LogP contribution in [0.3, 0.4) is 0 Å². The summed E-state index contributed by atoms with van der Waals surface area (Å²) >= 11 is 1.88. The summed E-state index contributed by atoms with van der Waals surface area (Å²) in [5, 5.41) is 0. The lowest BCUT2D eigenvalue weighted by Gasteiger charge is -2.16. The van der Waals surface area contributed by atoms with Crippen molar-refractivity contribution in [3.8, 4) is 0 Å². The van der Waals surface area contributed by atoms with Gasteiger partial charge in [-0.3, -0.25) is 0 Å². The fourth-order valence-corrected chi connectivity index (χ4v) is 2.59. The summed E-state index contributed by atoms with van der Waals surface area (Å²) in [5.41, 5.74) is 6.87. The van der Waals surface area contributed by atoms with Crippen molar-refractivity contribution in [1.82, 2.24) is 9.55 Å². The number of aromatic nitrogens is 2. The van der Waals surface area contributed by atoms with Gasteiger partial charge in [-0.05, 0) is 19.3 Å². The van der Waals surface area contributed by atoms with Crippen LogP contribution in [-0.4, -0.2) is 21.8 Å². The van der Waals surface area contributed by atoms with Gasteiger partial charge in [-0.15, -0.1) is 34.0 Å². The van der Waals surface area contributed by atoms with E-state index in [4.69, 9.17) is 5.73 Å². The molecule has 0 unspecified atom stereocenters. The molecule has 16 heavy (non-hydrogen) atoms. The third-order valence-corrected chi connectivity index (χ3v) is 3.57. The minimum Gasteiger partial charge on any atom is -0.331 e. The topological polar surface area (TPSA) is 43.8 Å².